The Bertz CT molecular complexity index is 475. The Morgan fingerprint density at radius 2 is 2.25 bits per heavy atom. The summed E-state index contributed by atoms with van der Waals surface area (Å²) in [5.74, 6) is -1.75. The van der Waals surface area contributed by atoms with Crippen LogP contribution in [0.2, 0.25) is 0 Å². The molecular formula is C12H16F3N3OS. The van der Waals surface area contributed by atoms with E-state index in [0.29, 0.717) is 17.8 Å². The Kier molecular flexibility index (Phi) is 4.64. The molecule has 4 nitrogen and oxygen atoms in total. The molecule has 1 saturated carbocycles. The van der Waals surface area contributed by atoms with E-state index in [2.05, 4.69) is 10.3 Å². The van der Waals surface area contributed by atoms with E-state index < -0.39 is 24.0 Å². The van der Waals surface area contributed by atoms with E-state index >= 15 is 0 Å². The molecule has 2 atom stereocenters. The highest BCUT2D eigenvalue weighted by atomic mass is 32.1. The standard InChI is InChI=1S/C12H16F3N3OS/c13-12(14,15)7-2-1-3-8(4-7)17-11(19)9-6-20-10(5-16)18-9/h6-8H,1-5,16H2,(H,17,19). The second-order valence-corrected chi connectivity index (χ2v) is 5.85. The van der Waals surface area contributed by atoms with Crippen LogP contribution in [-0.4, -0.2) is 23.1 Å². The maximum Gasteiger partial charge on any atom is 0.391 e. The number of rotatable bonds is 3. The van der Waals surface area contributed by atoms with E-state index in [-0.39, 0.29) is 25.1 Å². The molecule has 0 spiro atoms. The molecule has 20 heavy (non-hydrogen) atoms. The van der Waals surface area contributed by atoms with Crippen molar-refractivity contribution < 1.29 is 18.0 Å². The molecule has 0 aromatic carbocycles. The van der Waals surface area contributed by atoms with Gasteiger partial charge in [-0.15, -0.1) is 11.3 Å². The second kappa shape index (κ2) is 6.09. The van der Waals surface area contributed by atoms with Gasteiger partial charge in [-0.05, 0) is 19.3 Å². The molecule has 0 saturated heterocycles. The fourth-order valence-corrected chi connectivity index (χ4v) is 3.04. The van der Waals surface area contributed by atoms with Crippen LogP contribution in [0.3, 0.4) is 0 Å². The Morgan fingerprint density at radius 3 is 2.85 bits per heavy atom. The van der Waals surface area contributed by atoms with E-state index in [0.717, 1.165) is 0 Å². The quantitative estimate of drug-likeness (QED) is 0.901. The maximum absolute atomic E-state index is 12.7. The van der Waals surface area contributed by atoms with E-state index in [4.69, 9.17) is 5.73 Å². The number of nitrogens with two attached hydrogens (primary N) is 1. The zero-order valence-corrected chi connectivity index (χ0v) is 11.6. The highest BCUT2D eigenvalue weighted by molar-refractivity contribution is 7.09. The molecular weight excluding hydrogens is 291 g/mol. The molecule has 1 amide bonds. The van der Waals surface area contributed by atoms with E-state index in [9.17, 15) is 18.0 Å². The molecule has 1 aromatic rings. The molecule has 2 rings (SSSR count). The summed E-state index contributed by atoms with van der Waals surface area (Å²) >= 11 is 1.27. The van der Waals surface area contributed by atoms with Crippen molar-refractivity contribution in [2.75, 3.05) is 0 Å². The molecule has 1 aliphatic carbocycles. The maximum atomic E-state index is 12.7. The number of alkyl halides is 3. The summed E-state index contributed by atoms with van der Waals surface area (Å²) in [7, 11) is 0. The van der Waals surface area contributed by atoms with Gasteiger partial charge in [-0.3, -0.25) is 4.79 Å². The summed E-state index contributed by atoms with van der Waals surface area (Å²) in [6.07, 6.45) is -3.05. The number of amides is 1. The number of nitrogens with zero attached hydrogens (tertiary/aromatic N) is 1. The van der Waals surface area contributed by atoms with Gasteiger partial charge in [-0.2, -0.15) is 13.2 Å². The van der Waals surface area contributed by atoms with Crippen LogP contribution in [0.5, 0.6) is 0 Å². The molecule has 3 N–H and O–H groups in total. The van der Waals surface area contributed by atoms with Gasteiger partial charge in [0.1, 0.15) is 10.7 Å². The summed E-state index contributed by atoms with van der Waals surface area (Å²) in [6.45, 7) is 0.248. The van der Waals surface area contributed by atoms with E-state index in [1.807, 2.05) is 0 Å². The average molecular weight is 307 g/mol. The summed E-state index contributed by atoms with van der Waals surface area (Å²) in [5.41, 5.74) is 5.63. The summed E-state index contributed by atoms with van der Waals surface area (Å²) in [6, 6.07) is -0.439. The number of carbonyl (C=O) groups is 1. The summed E-state index contributed by atoms with van der Waals surface area (Å²) in [4.78, 5) is 15.9. The van der Waals surface area contributed by atoms with Crippen LogP contribution in [0.4, 0.5) is 13.2 Å². The van der Waals surface area contributed by atoms with Crippen molar-refractivity contribution in [3.63, 3.8) is 0 Å². The molecule has 0 bridgehead atoms. The molecule has 1 aromatic heterocycles. The van der Waals surface area contributed by atoms with Crippen molar-refractivity contribution >= 4 is 17.2 Å². The van der Waals surface area contributed by atoms with Crippen LogP contribution in [-0.2, 0) is 6.54 Å². The number of hydrogen-bond acceptors (Lipinski definition) is 4. The van der Waals surface area contributed by atoms with Gasteiger partial charge in [0.05, 0.1) is 5.92 Å². The Morgan fingerprint density at radius 1 is 1.50 bits per heavy atom. The first-order valence-electron chi connectivity index (χ1n) is 6.42. The van der Waals surface area contributed by atoms with Gasteiger partial charge in [0.2, 0.25) is 0 Å². The minimum absolute atomic E-state index is 0.0525. The Balaban J connectivity index is 1.94. The van der Waals surface area contributed by atoms with E-state index in [1.54, 1.807) is 5.38 Å². The third-order valence-electron chi connectivity index (χ3n) is 3.43. The first kappa shape index (κ1) is 15.2. The van der Waals surface area contributed by atoms with Gasteiger partial charge in [-0.1, -0.05) is 6.42 Å². The number of halogens is 3. The van der Waals surface area contributed by atoms with Crippen LogP contribution < -0.4 is 11.1 Å². The Labute approximate surface area is 118 Å². The van der Waals surface area contributed by atoms with Gasteiger partial charge in [-0.25, -0.2) is 4.98 Å². The van der Waals surface area contributed by atoms with Crippen LogP contribution in [0, 0.1) is 5.92 Å². The second-order valence-electron chi connectivity index (χ2n) is 4.91. The highest BCUT2D eigenvalue weighted by Gasteiger charge is 2.42. The van der Waals surface area contributed by atoms with Crippen LogP contribution >= 0.6 is 11.3 Å². The predicted molar refractivity (Wildman–Crippen MR) is 69.3 cm³/mol. The van der Waals surface area contributed by atoms with Crippen molar-refractivity contribution in [2.45, 2.75) is 44.4 Å². The highest BCUT2D eigenvalue weighted by Crippen LogP contribution is 2.37. The number of aromatic nitrogens is 1. The van der Waals surface area contributed by atoms with E-state index in [1.165, 1.54) is 11.3 Å². The lowest BCUT2D eigenvalue weighted by atomic mass is 9.85. The minimum Gasteiger partial charge on any atom is -0.348 e. The number of hydrogen-bond donors (Lipinski definition) is 2. The van der Waals surface area contributed by atoms with Crippen molar-refractivity contribution in [3.05, 3.63) is 16.1 Å². The van der Waals surface area contributed by atoms with Gasteiger partial charge in [0.25, 0.3) is 5.91 Å². The molecule has 0 aliphatic heterocycles. The molecule has 112 valence electrons. The zero-order chi connectivity index (χ0) is 14.8. The van der Waals surface area contributed by atoms with Crippen molar-refractivity contribution in [3.8, 4) is 0 Å². The fourth-order valence-electron chi connectivity index (χ4n) is 2.39. The normalized spacial score (nSPS) is 23.6. The molecule has 2 unspecified atom stereocenters. The van der Waals surface area contributed by atoms with Gasteiger partial charge >= 0.3 is 6.18 Å². The lowest BCUT2D eigenvalue weighted by molar-refractivity contribution is -0.183. The van der Waals surface area contributed by atoms with Crippen LogP contribution in [0.15, 0.2) is 5.38 Å². The number of nitrogens with one attached hydrogen (secondary N) is 1. The first-order valence-corrected chi connectivity index (χ1v) is 7.30. The molecule has 0 radical (unpaired) electrons. The van der Waals surface area contributed by atoms with Gasteiger partial charge < -0.3 is 11.1 Å². The van der Waals surface area contributed by atoms with Crippen molar-refractivity contribution in [2.24, 2.45) is 11.7 Å². The van der Waals surface area contributed by atoms with Gasteiger partial charge in [0, 0.05) is 18.0 Å². The zero-order valence-electron chi connectivity index (χ0n) is 10.7. The first-order chi connectivity index (χ1) is 9.40. The Hall–Kier alpha value is -1.15. The van der Waals surface area contributed by atoms with Crippen LogP contribution in [0.25, 0.3) is 0 Å². The molecule has 1 aliphatic rings. The topological polar surface area (TPSA) is 68.0 Å². The fraction of sp³-hybridized carbons (Fsp3) is 0.667. The van der Waals surface area contributed by atoms with Crippen molar-refractivity contribution in [1.29, 1.82) is 0 Å². The third-order valence-corrected chi connectivity index (χ3v) is 4.30. The van der Waals surface area contributed by atoms with Gasteiger partial charge in [0.15, 0.2) is 0 Å². The monoisotopic (exact) mass is 307 g/mol. The third kappa shape index (κ3) is 3.69. The number of carbonyl (C=O) groups excluding carboxylic acids is 1. The largest absolute Gasteiger partial charge is 0.391 e. The lowest BCUT2D eigenvalue weighted by Crippen LogP contribution is -2.41. The summed E-state index contributed by atoms with van der Waals surface area (Å²) < 4.78 is 38.1. The predicted octanol–water partition coefficient (Wildman–Crippen LogP) is 2.45. The lowest BCUT2D eigenvalue weighted by Gasteiger charge is -2.30. The number of thiazole rings is 1. The minimum atomic E-state index is -4.18. The average Bonchev–Trinajstić information content (AvgIpc) is 2.87. The molecule has 1 heterocycles. The SMILES string of the molecule is NCc1nc(C(=O)NC2CCCC(C(F)(F)F)C2)cs1. The molecule has 8 heteroatoms. The van der Waals surface area contributed by atoms with Crippen LogP contribution in [0.1, 0.15) is 41.2 Å². The van der Waals surface area contributed by atoms with Crippen molar-refractivity contribution in [1.82, 2.24) is 10.3 Å². The smallest absolute Gasteiger partial charge is 0.348 e. The summed E-state index contributed by atoms with van der Waals surface area (Å²) in [5, 5.41) is 4.84. The molecule has 1 fully saturated rings.